The molecule has 2 N–H and O–H groups in total. The molecule has 3 heterocycles. The molecule has 1 saturated carbocycles. The predicted octanol–water partition coefficient (Wildman–Crippen LogP) is 4.60. The fourth-order valence-electron chi connectivity index (χ4n) is 3.79. The van der Waals surface area contributed by atoms with Crippen LogP contribution in [-0.2, 0) is 7.05 Å². The lowest BCUT2D eigenvalue weighted by Gasteiger charge is -2.27. The molecule has 0 unspecified atom stereocenters. The van der Waals surface area contributed by atoms with E-state index in [1.165, 1.54) is 0 Å². The van der Waals surface area contributed by atoms with Gasteiger partial charge in [0.2, 0.25) is 0 Å². The zero-order valence-corrected chi connectivity index (χ0v) is 17.5. The summed E-state index contributed by atoms with van der Waals surface area (Å²) >= 11 is 1.58. The van der Waals surface area contributed by atoms with Gasteiger partial charge in [-0.2, -0.15) is 5.10 Å². The molecule has 1 fully saturated rings. The Morgan fingerprint density at radius 1 is 1.17 bits per heavy atom. The van der Waals surface area contributed by atoms with Gasteiger partial charge in [-0.25, -0.2) is 4.98 Å². The Labute approximate surface area is 178 Å². The average molecular weight is 422 g/mol. The number of rotatable bonds is 5. The Morgan fingerprint density at radius 2 is 2.03 bits per heavy atom. The molecule has 0 aliphatic heterocycles. The second kappa shape index (κ2) is 8.04. The SMILES string of the molecule is Cn1cc(-c2cc(Oc3ccc4nc(N[C@H]5CCCC[C@@H]5O)sc4c3)ccn2)cn1. The summed E-state index contributed by atoms with van der Waals surface area (Å²) in [7, 11) is 1.88. The van der Waals surface area contributed by atoms with E-state index >= 15 is 0 Å². The summed E-state index contributed by atoms with van der Waals surface area (Å²) < 4.78 is 8.88. The van der Waals surface area contributed by atoms with Crippen molar-refractivity contribution in [2.24, 2.45) is 7.05 Å². The summed E-state index contributed by atoms with van der Waals surface area (Å²) in [5, 5.41) is 18.7. The number of anilines is 1. The summed E-state index contributed by atoms with van der Waals surface area (Å²) in [6, 6.07) is 9.72. The van der Waals surface area contributed by atoms with E-state index in [-0.39, 0.29) is 12.1 Å². The second-order valence-electron chi connectivity index (χ2n) is 7.63. The third-order valence-corrected chi connectivity index (χ3v) is 6.32. The molecule has 2 atom stereocenters. The summed E-state index contributed by atoms with van der Waals surface area (Å²) in [5.41, 5.74) is 2.68. The van der Waals surface area contributed by atoms with Crippen molar-refractivity contribution in [1.82, 2.24) is 19.7 Å². The van der Waals surface area contributed by atoms with Gasteiger partial charge < -0.3 is 15.2 Å². The molecule has 0 radical (unpaired) electrons. The highest BCUT2D eigenvalue weighted by Gasteiger charge is 2.23. The zero-order chi connectivity index (χ0) is 20.5. The van der Waals surface area contributed by atoms with Crippen LogP contribution >= 0.6 is 11.3 Å². The van der Waals surface area contributed by atoms with Crippen LogP contribution in [0.1, 0.15) is 25.7 Å². The normalized spacial score (nSPS) is 19.1. The molecule has 0 bridgehead atoms. The predicted molar refractivity (Wildman–Crippen MR) is 118 cm³/mol. The lowest BCUT2D eigenvalue weighted by atomic mass is 9.93. The number of hydrogen-bond donors (Lipinski definition) is 2. The number of ether oxygens (including phenoxy) is 1. The van der Waals surface area contributed by atoms with Crippen LogP contribution in [0.2, 0.25) is 0 Å². The number of nitrogens with one attached hydrogen (secondary N) is 1. The number of nitrogens with zero attached hydrogens (tertiary/aromatic N) is 4. The Hall–Kier alpha value is -2.97. The van der Waals surface area contributed by atoms with Gasteiger partial charge in [-0.3, -0.25) is 9.67 Å². The first kappa shape index (κ1) is 19.0. The molecule has 5 rings (SSSR count). The molecule has 0 amide bonds. The highest BCUT2D eigenvalue weighted by Crippen LogP contribution is 2.33. The van der Waals surface area contributed by atoms with Crippen molar-refractivity contribution in [1.29, 1.82) is 0 Å². The molecule has 0 spiro atoms. The van der Waals surface area contributed by atoms with E-state index in [9.17, 15) is 5.11 Å². The minimum absolute atomic E-state index is 0.0812. The van der Waals surface area contributed by atoms with Crippen LogP contribution in [-0.4, -0.2) is 37.0 Å². The molecule has 154 valence electrons. The fourth-order valence-corrected chi connectivity index (χ4v) is 4.75. The summed E-state index contributed by atoms with van der Waals surface area (Å²) in [4.78, 5) is 9.08. The molecule has 0 saturated heterocycles. The van der Waals surface area contributed by atoms with Gasteiger partial charge in [0.05, 0.1) is 34.3 Å². The van der Waals surface area contributed by atoms with Crippen molar-refractivity contribution in [3.63, 3.8) is 0 Å². The maximum absolute atomic E-state index is 10.2. The number of aliphatic hydroxyl groups is 1. The first-order chi connectivity index (χ1) is 14.6. The lowest BCUT2D eigenvalue weighted by Crippen LogP contribution is -2.36. The van der Waals surface area contributed by atoms with E-state index in [4.69, 9.17) is 4.74 Å². The minimum atomic E-state index is -0.301. The second-order valence-corrected chi connectivity index (χ2v) is 8.66. The van der Waals surface area contributed by atoms with E-state index in [2.05, 4.69) is 20.4 Å². The summed E-state index contributed by atoms with van der Waals surface area (Å²) in [5.74, 6) is 1.47. The van der Waals surface area contributed by atoms with E-state index in [1.54, 1.807) is 28.4 Å². The number of thiazole rings is 1. The van der Waals surface area contributed by atoms with Crippen LogP contribution in [0, 0.1) is 0 Å². The van der Waals surface area contributed by atoms with Crippen molar-refractivity contribution in [2.75, 3.05) is 5.32 Å². The van der Waals surface area contributed by atoms with Gasteiger partial charge in [0.25, 0.3) is 0 Å². The van der Waals surface area contributed by atoms with E-state index in [1.807, 2.05) is 43.6 Å². The minimum Gasteiger partial charge on any atom is -0.457 e. The summed E-state index contributed by atoms with van der Waals surface area (Å²) in [6.07, 6.45) is 9.22. The first-order valence-electron chi connectivity index (χ1n) is 10.1. The van der Waals surface area contributed by atoms with Gasteiger partial charge in [0, 0.05) is 37.1 Å². The highest BCUT2D eigenvalue weighted by atomic mass is 32.1. The number of hydrogen-bond acceptors (Lipinski definition) is 7. The molecule has 3 aromatic heterocycles. The van der Waals surface area contributed by atoms with Gasteiger partial charge >= 0.3 is 0 Å². The Balaban J connectivity index is 1.34. The summed E-state index contributed by atoms with van der Waals surface area (Å²) in [6.45, 7) is 0. The van der Waals surface area contributed by atoms with Gasteiger partial charge in [-0.05, 0) is 31.0 Å². The topological polar surface area (TPSA) is 85.1 Å². The monoisotopic (exact) mass is 421 g/mol. The quantitative estimate of drug-likeness (QED) is 0.490. The van der Waals surface area contributed by atoms with Crippen molar-refractivity contribution < 1.29 is 9.84 Å². The maximum Gasteiger partial charge on any atom is 0.184 e. The standard InChI is InChI=1S/C22H23N5O2S/c1-27-13-14(12-24-27)19-10-16(8-9-23-19)29-15-6-7-18-21(11-15)30-22(26-18)25-17-4-2-3-5-20(17)28/h6-13,17,20,28H,2-5H2,1H3,(H,25,26)/t17-,20-/m0/s1. The number of pyridine rings is 1. The molecule has 7 nitrogen and oxygen atoms in total. The molecule has 1 aromatic carbocycles. The van der Waals surface area contributed by atoms with Crippen molar-refractivity contribution >= 4 is 26.7 Å². The molecule has 1 aliphatic rings. The van der Waals surface area contributed by atoms with Crippen molar-refractivity contribution in [2.45, 2.75) is 37.8 Å². The van der Waals surface area contributed by atoms with Gasteiger partial charge in [0.1, 0.15) is 11.5 Å². The smallest absolute Gasteiger partial charge is 0.184 e. The van der Waals surface area contributed by atoms with Gasteiger partial charge in [-0.1, -0.05) is 24.2 Å². The van der Waals surface area contributed by atoms with Crippen LogP contribution < -0.4 is 10.1 Å². The number of aromatic nitrogens is 4. The third-order valence-electron chi connectivity index (χ3n) is 5.37. The molecule has 4 aromatic rings. The van der Waals surface area contributed by atoms with Gasteiger partial charge in [0.15, 0.2) is 5.13 Å². The van der Waals surface area contributed by atoms with Gasteiger partial charge in [-0.15, -0.1) is 0 Å². The number of fused-ring (bicyclic) bond motifs is 1. The van der Waals surface area contributed by atoms with E-state index < -0.39 is 0 Å². The largest absolute Gasteiger partial charge is 0.457 e. The third kappa shape index (κ3) is 4.01. The van der Waals surface area contributed by atoms with E-state index in [0.29, 0.717) is 0 Å². The molecular weight excluding hydrogens is 398 g/mol. The van der Waals surface area contributed by atoms with E-state index in [0.717, 1.165) is 63.8 Å². The highest BCUT2D eigenvalue weighted by molar-refractivity contribution is 7.22. The molecule has 30 heavy (non-hydrogen) atoms. The Bertz CT molecular complexity index is 1170. The van der Waals surface area contributed by atoms with Crippen molar-refractivity contribution in [3.8, 4) is 22.8 Å². The lowest BCUT2D eigenvalue weighted by molar-refractivity contribution is 0.116. The molecule has 8 heteroatoms. The Kier molecular flexibility index (Phi) is 5.10. The van der Waals surface area contributed by atoms with Crippen LogP contribution in [0.15, 0.2) is 48.9 Å². The van der Waals surface area contributed by atoms with Crippen molar-refractivity contribution in [3.05, 3.63) is 48.9 Å². The number of benzene rings is 1. The molecule has 1 aliphatic carbocycles. The first-order valence-corrected chi connectivity index (χ1v) is 10.9. The van der Waals surface area contributed by atoms with Crippen LogP contribution in [0.5, 0.6) is 11.5 Å². The Morgan fingerprint density at radius 3 is 2.87 bits per heavy atom. The van der Waals surface area contributed by atoms with Crippen LogP contribution in [0.25, 0.3) is 21.5 Å². The van der Waals surface area contributed by atoms with Crippen LogP contribution in [0.3, 0.4) is 0 Å². The number of aryl methyl sites for hydroxylation is 1. The average Bonchev–Trinajstić information content (AvgIpc) is 3.35. The zero-order valence-electron chi connectivity index (χ0n) is 16.7. The molecular formula is C22H23N5O2S. The van der Waals surface area contributed by atoms with Crippen LogP contribution in [0.4, 0.5) is 5.13 Å². The fraction of sp³-hybridized carbons (Fsp3) is 0.318. The number of aliphatic hydroxyl groups excluding tert-OH is 1. The maximum atomic E-state index is 10.2.